The van der Waals surface area contributed by atoms with Crippen molar-refractivity contribution >= 4 is 35.9 Å². The van der Waals surface area contributed by atoms with Crippen LogP contribution in [0.25, 0.3) is 0 Å². The fourth-order valence-electron chi connectivity index (χ4n) is 7.76. The van der Waals surface area contributed by atoms with Gasteiger partial charge in [-0.1, -0.05) is 84.9 Å². The zero-order valence-corrected chi connectivity index (χ0v) is 38.0. The molecule has 1 aliphatic rings. The highest BCUT2D eigenvalue weighted by Gasteiger charge is 2.40. The molecule has 0 saturated heterocycles. The number of nitrogens with zero attached hydrogens (tertiary/aromatic N) is 1. The Morgan fingerprint density at radius 1 is 0.738 bits per heavy atom. The van der Waals surface area contributed by atoms with Gasteiger partial charge in [-0.15, -0.1) is 0 Å². The number of hydrogen-bond donors (Lipinski definition) is 5. The summed E-state index contributed by atoms with van der Waals surface area (Å²) in [4.78, 5) is 83.9. The van der Waals surface area contributed by atoms with Crippen molar-refractivity contribution in [3.63, 3.8) is 0 Å². The normalized spacial score (nSPS) is 14.7. The number of rotatable bonds is 18. The lowest BCUT2D eigenvalue weighted by Crippen LogP contribution is -2.61. The maximum absolute atomic E-state index is 14.9. The van der Waals surface area contributed by atoms with Crippen molar-refractivity contribution < 1.29 is 48.1 Å². The van der Waals surface area contributed by atoms with E-state index in [2.05, 4.69) is 21.3 Å². The minimum absolute atomic E-state index is 0.0326. The Hall–Kier alpha value is -6.90. The fourth-order valence-corrected chi connectivity index (χ4v) is 7.76. The molecular weight excluding hydrogens is 831 g/mol. The predicted molar refractivity (Wildman–Crippen MR) is 243 cm³/mol. The fraction of sp³-hybridized carbons (Fsp3) is 0.400. The second-order valence-corrected chi connectivity index (χ2v) is 17.2. The maximum atomic E-state index is 14.9. The Kier molecular flexibility index (Phi) is 17.5. The maximum Gasteiger partial charge on any atom is 0.408 e. The van der Waals surface area contributed by atoms with E-state index in [0.29, 0.717) is 24.0 Å². The van der Waals surface area contributed by atoms with Crippen molar-refractivity contribution in [1.29, 1.82) is 0 Å². The van der Waals surface area contributed by atoms with Crippen LogP contribution in [-0.4, -0.2) is 89.3 Å². The van der Waals surface area contributed by atoms with Crippen LogP contribution in [0.2, 0.25) is 0 Å². The molecule has 65 heavy (non-hydrogen) atoms. The summed E-state index contributed by atoms with van der Waals surface area (Å²) < 4.78 is 15.9. The van der Waals surface area contributed by atoms with Gasteiger partial charge in [-0.2, -0.15) is 0 Å². The molecule has 0 spiro atoms. The topological polar surface area (TPSA) is 202 Å². The lowest BCUT2D eigenvalue weighted by molar-refractivity contribution is -0.146. The van der Waals surface area contributed by atoms with E-state index in [1.54, 1.807) is 46.8 Å². The largest absolute Gasteiger partial charge is 0.508 e. The number of aryl methyl sites for hydroxylation is 2. The number of methoxy groups -OCH3 is 1. The molecule has 15 nitrogen and oxygen atoms in total. The Morgan fingerprint density at radius 3 is 1.98 bits per heavy atom. The molecule has 0 radical (unpaired) electrons. The van der Waals surface area contributed by atoms with Crippen LogP contribution in [0.3, 0.4) is 0 Å². The average Bonchev–Trinajstić information content (AvgIpc) is 3.27. The molecule has 346 valence electrons. The van der Waals surface area contributed by atoms with Crippen LogP contribution in [0.4, 0.5) is 9.59 Å². The number of carbonyl (C=O) groups is 6. The summed E-state index contributed by atoms with van der Waals surface area (Å²) >= 11 is 0. The van der Waals surface area contributed by atoms with Gasteiger partial charge >= 0.3 is 18.2 Å². The molecule has 0 unspecified atom stereocenters. The summed E-state index contributed by atoms with van der Waals surface area (Å²) in [6.07, 6.45) is -0.121. The Balaban J connectivity index is 1.35. The van der Waals surface area contributed by atoms with Crippen LogP contribution in [-0.2, 0) is 65.8 Å². The number of benzene rings is 4. The van der Waals surface area contributed by atoms with E-state index in [1.807, 2.05) is 84.9 Å². The third-order valence-corrected chi connectivity index (χ3v) is 11.0. The number of alkyl carbamates (subject to hydrolysis) is 2. The first-order valence-electron chi connectivity index (χ1n) is 21.8. The van der Waals surface area contributed by atoms with Gasteiger partial charge in [0, 0.05) is 32.4 Å². The van der Waals surface area contributed by atoms with Crippen molar-refractivity contribution in [3.05, 3.63) is 136 Å². The molecule has 0 saturated carbocycles. The number of nitrogens with one attached hydrogen (secondary N) is 4. The molecule has 0 fully saturated rings. The number of unbranched alkanes of at least 4 members (excludes halogenated alkanes) is 1. The SMILES string of the molecule is COC(=O)[C@H](CCCCNC(=O)OCc1ccccc1)NC(=O)[C@H](Cc1ccccc1)NC(=O)[C@@H]1Cc2ccccc2CN1C(=O)[C@H](Cc1c(C)cc(O)cc1C)NC(=O)OC(C)(C)C. The van der Waals surface area contributed by atoms with Crippen LogP contribution < -0.4 is 21.3 Å². The van der Waals surface area contributed by atoms with E-state index in [9.17, 15) is 33.9 Å². The highest BCUT2D eigenvalue weighted by molar-refractivity contribution is 5.95. The Morgan fingerprint density at radius 2 is 1.35 bits per heavy atom. The number of phenols is 1. The summed E-state index contributed by atoms with van der Waals surface area (Å²) in [6, 6.07) is 24.4. The molecule has 15 heteroatoms. The molecule has 5 amide bonds. The van der Waals surface area contributed by atoms with Crippen molar-refractivity contribution in [3.8, 4) is 5.75 Å². The molecule has 1 heterocycles. The summed E-state index contributed by atoms with van der Waals surface area (Å²) in [5.41, 5.74) is 4.52. The highest BCUT2D eigenvalue weighted by Crippen LogP contribution is 2.27. The number of aromatic hydroxyl groups is 1. The molecule has 1 aliphatic heterocycles. The van der Waals surface area contributed by atoms with E-state index >= 15 is 0 Å². The third kappa shape index (κ3) is 14.8. The number of phenolic OH excluding ortho intramolecular Hbond substituents is 1. The monoisotopic (exact) mass is 891 g/mol. The first-order chi connectivity index (χ1) is 31.0. The van der Waals surface area contributed by atoms with Gasteiger partial charge in [0.1, 0.15) is 42.1 Å². The summed E-state index contributed by atoms with van der Waals surface area (Å²) in [5.74, 6) is -2.42. The Labute approximate surface area is 380 Å². The molecule has 0 bridgehead atoms. The van der Waals surface area contributed by atoms with Crippen LogP contribution in [0.1, 0.15) is 79.0 Å². The molecule has 4 aromatic carbocycles. The Bertz CT molecular complexity index is 2260. The second kappa shape index (κ2) is 23.2. The highest BCUT2D eigenvalue weighted by atomic mass is 16.6. The van der Waals surface area contributed by atoms with Gasteiger partial charge < -0.3 is 45.5 Å². The summed E-state index contributed by atoms with van der Waals surface area (Å²) in [6.45, 7) is 9.16. The quantitative estimate of drug-likeness (QED) is 0.0457. The van der Waals surface area contributed by atoms with Crippen LogP contribution in [0.5, 0.6) is 5.75 Å². The van der Waals surface area contributed by atoms with E-state index < -0.39 is 65.6 Å². The van der Waals surface area contributed by atoms with E-state index in [-0.39, 0.29) is 51.1 Å². The van der Waals surface area contributed by atoms with Crippen LogP contribution in [0.15, 0.2) is 97.1 Å². The molecule has 4 atom stereocenters. The minimum atomic E-state index is -1.19. The van der Waals surface area contributed by atoms with E-state index in [1.165, 1.54) is 12.0 Å². The van der Waals surface area contributed by atoms with Crippen molar-refractivity contribution in [1.82, 2.24) is 26.2 Å². The molecule has 5 N–H and O–H groups in total. The van der Waals surface area contributed by atoms with Gasteiger partial charge in [-0.25, -0.2) is 14.4 Å². The molecule has 5 rings (SSSR count). The van der Waals surface area contributed by atoms with Gasteiger partial charge in [-0.3, -0.25) is 14.4 Å². The molecule has 0 aromatic heterocycles. The van der Waals surface area contributed by atoms with Gasteiger partial charge in [0.05, 0.1) is 7.11 Å². The number of carbonyl (C=O) groups excluding carboxylic acids is 6. The number of amides is 5. The van der Waals surface area contributed by atoms with E-state index in [4.69, 9.17) is 14.2 Å². The van der Waals surface area contributed by atoms with Gasteiger partial charge in [-0.05, 0) is 105 Å². The second-order valence-electron chi connectivity index (χ2n) is 17.2. The molecule has 4 aromatic rings. The minimum Gasteiger partial charge on any atom is -0.508 e. The number of ether oxygens (including phenoxy) is 3. The van der Waals surface area contributed by atoms with Gasteiger partial charge in [0.25, 0.3) is 0 Å². The van der Waals surface area contributed by atoms with Gasteiger partial charge in [0.15, 0.2) is 0 Å². The zero-order chi connectivity index (χ0) is 47.1. The standard InChI is InChI=1S/C50H61N5O10/c1-32-25-38(56)26-33(2)39(32)29-42(54-49(62)65-50(3,4)5)46(59)55-30-37-22-14-13-21-36(37)28-43(55)45(58)53-41(27-34-17-9-7-10-18-34)44(57)52-40(47(60)63-6)23-15-16-24-51-48(61)64-31-35-19-11-8-12-20-35/h7-14,17-22,25-26,40-43,56H,15-16,23-24,27-31H2,1-6H3,(H,51,61)(H,52,57)(H,53,58)(H,54,62)/t40-,41-,42-,43-/m0/s1. The zero-order valence-electron chi connectivity index (χ0n) is 38.0. The average molecular weight is 892 g/mol. The van der Waals surface area contributed by atoms with Crippen molar-refractivity contribution in [2.75, 3.05) is 13.7 Å². The third-order valence-electron chi connectivity index (χ3n) is 11.0. The number of fused-ring (bicyclic) bond motifs is 1. The van der Waals surface area contributed by atoms with Crippen LogP contribution >= 0.6 is 0 Å². The summed E-state index contributed by atoms with van der Waals surface area (Å²) in [5, 5.41) is 21.4. The first-order valence-corrected chi connectivity index (χ1v) is 21.8. The lowest BCUT2D eigenvalue weighted by atomic mass is 9.91. The molecular formula is C50H61N5O10. The van der Waals surface area contributed by atoms with Gasteiger partial charge in [0.2, 0.25) is 17.7 Å². The summed E-state index contributed by atoms with van der Waals surface area (Å²) in [7, 11) is 1.22. The first kappa shape index (κ1) is 49.1. The van der Waals surface area contributed by atoms with Crippen LogP contribution in [0, 0.1) is 13.8 Å². The van der Waals surface area contributed by atoms with Crippen molar-refractivity contribution in [2.45, 2.75) is 116 Å². The number of hydrogen-bond acceptors (Lipinski definition) is 10. The molecule has 0 aliphatic carbocycles. The van der Waals surface area contributed by atoms with E-state index in [0.717, 1.165) is 27.8 Å². The number of esters is 1. The predicted octanol–water partition coefficient (Wildman–Crippen LogP) is 5.88. The van der Waals surface area contributed by atoms with Crippen molar-refractivity contribution in [2.24, 2.45) is 0 Å². The smallest absolute Gasteiger partial charge is 0.408 e. The lowest BCUT2D eigenvalue weighted by Gasteiger charge is -2.39.